The number of fused-ring (bicyclic) bond motifs is 1. The van der Waals surface area contributed by atoms with E-state index in [-0.39, 0.29) is 5.91 Å². The van der Waals surface area contributed by atoms with Gasteiger partial charge >= 0.3 is 0 Å². The number of hydrogen-bond donors (Lipinski definition) is 1. The second-order valence-corrected chi connectivity index (χ2v) is 5.04. The maximum Gasteiger partial charge on any atom is 0.251 e. The average Bonchev–Trinajstić information content (AvgIpc) is 2.67. The van der Waals surface area contributed by atoms with Crippen LogP contribution in [0.3, 0.4) is 0 Å². The second kappa shape index (κ2) is 5.37. The molecule has 0 unspecified atom stereocenters. The molecule has 20 heavy (non-hydrogen) atoms. The SMILES string of the molecule is COc1ccc([C@H]2CNC(=O)c3ccccc3C2)cc1. The highest BCUT2D eigenvalue weighted by Gasteiger charge is 2.22. The van der Waals surface area contributed by atoms with Crippen molar-refractivity contribution in [2.24, 2.45) is 0 Å². The summed E-state index contributed by atoms with van der Waals surface area (Å²) in [5.41, 5.74) is 3.13. The summed E-state index contributed by atoms with van der Waals surface area (Å²) in [5.74, 6) is 1.18. The lowest BCUT2D eigenvalue weighted by molar-refractivity contribution is 0.0954. The summed E-state index contributed by atoms with van der Waals surface area (Å²) >= 11 is 0. The Kier molecular flexibility index (Phi) is 3.42. The van der Waals surface area contributed by atoms with Crippen LogP contribution in [0.15, 0.2) is 48.5 Å². The molecular formula is C17H17NO2. The minimum absolute atomic E-state index is 0.0246. The largest absolute Gasteiger partial charge is 0.497 e. The molecule has 0 spiro atoms. The molecule has 1 heterocycles. The number of amides is 1. The molecule has 102 valence electrons. The van der Waals surface area contributed by atoms with Gasteiger partial charge in [0.05, 0.1) is 7.11 Å². The molecule has 0 aliphatic carbocycles. The Morgan fingerprint density at radius 2 is 1.85 bits per heavy atom. The number of benzene rings is 2. The zero-order chi connectivity index (χ0) is 13.9. The van der Waals surface area contributed by atoms with Gasteiger partial charge in [0, 0.05) is 18.0 Å². The van der Waals surface area contributed by atoms with E-state index in [9.17, 15) is 4.79 Å². The summed E-state index contributed by atoms with van der Waals surface area (Å²) < 4.78 is 5.18. The lowest BCUT2D eigenvalue weighted by Gasteiger charge is -2.15. The van der Waals surface area contributed by atoms with Crippen molar-refractivity contribution in [3.63, 3.8) is 0 Å². The number of methoxy groups -OCH3 is 1. The van der Waals surface area contributed by atoms with Crippen molar-refractivity contribution in [2.75, 3.05) is 13.7 Å². The first-order valence-corrected chi connectivity index (χ1v) is 6.78. The Morgan fingerprint density at radius 3 is 2.60 bits per heavy atom. The number of carbonyl (C=O) groups is 1. The molecule has 1 aliphatic rings. The van der Waals surface area contributed by atoms with E-state index < -0.39 is 0 Å². The van der Waals surface area contributed by atoms with Gasteiger partial charge in [-0.3, -0.25) is 4.79 Å². The predicted molar refractivity (Wildman–Crippen MR) is 78.2 cm³/mol. The van der Waals surface area contributed by atoms with Crippen LogP contribution in [0.4, 0.5) is 0 Å². The van der Waals surface area contributed by atoms with Crippen molar-refractivity contribution in [1.82, 2.24) is 5.32 Å². The second-order valence-electron chi connectivity index (χ2n) is 5.04. The maximum atomic E-state index is 12.1. The molecule has 2 aromatic carbocycles. The van der Waals surface area contributed by atoms with Gasteiger partial charge in [-0.05, 0) is 35.7 Å². The van der Waals surface area contributed by atoms with Gasteiger partial charge in [-0.25, -0.2) is 0 Å². The van der Waals surface area contributed by atoms with E-state index in [0.29, 0.717) is 12.5 Å². The summed E-state index contributed by atoms with van der Waals surface area (Å²) in [7, 11) is 1.66. The molecule has 0 radical (unpaired) electrons. The average molecular weight is 267 g/mol. The zero-order valence-corrected chi connectivity index (χ0v) is 11.4. The van der Waals surface area contributed by atoms with Crippen LogP contribution in [0.2, 0.25) is 0 Å². The molecule has 1 N–H and O–H groups in total. The minimum Gasteiger partial charge on any atom is -0.497 e. The fourth-order valence-corrected chi connectivity index (χ4v) is 2.68. The molecule has 0 saturated heterocycles. The zero-order valence-electron chi connectivity index (χ0n) is 11.4. The van der Waals surface area contributed by atoms with Crippen molar-refractivity contribution < 1.29 is 9.53 Å². The molecular weight excluding hydrogens is 250 g/mol. The van der Waals surface area contributed by atoms with Gasteiger partial charge in [0.2, 0.25) is 0 Å². The van der Waals surface area contributed by atoms with E-state index in [4.69, 9.17) is 4.74 Å². The van der Waals surface area contributed by atoms with E-state index >= 15 is 0 Å². The minimum atomic E-state index is 0.0246. The van der Waals surface area contributed by atoms with Gasteiger partial charge in [0.1, 0.15) is 5.75 Å². The maximum absolute atomic E-state index is 12.1. The molecule has 0 aromatic heterocycles. The van der Waals surface area contributed by atoms with Gasteiger partial charge in [-0.1, -0.05) is 30.3 Å². The molecule has 0 bridgehead atoms. The Labute approximate surface area is 118 Å². The summed E-state index contributed by atoms with van der Waals surface area (Å²) in [6.07, 6.45) is 0.876. The summed E-state index contributed by atoms with van der Waals surface area (Å²) in [6, 6.07) is 15.9. The quantitative estimate of drug-likeness (QED) is 0.908. The molecule has 1 aliphatic heterocycles. The van der Waals surface area contributed by atoms with Crippen LogP contribution in [0, 0.1) is 0 Å². The van der Waals surface area contributed by atoms with E-state index in [1.54, 1.807) is 7.11 Å². The number of rotatable bonds is 2. The standard InChI is InChI=1S/C17H17NO2/c1-20-15-8-6-12(7-9-15)14-10-13-4-2-3-5-16(13)17(19)18-11-14/h2-9,14H,10-11H2,1H3,(H,18,19)/t14-/m1/s1. The Balaban J connectivity index is 1.90. The molecule has 0 fully saturated rings. The number of nitrogens with one attached hydrogen (secondary N) is 1. The predicted octanol–water partition coefficient (Wildman–Crippen LogP) is 2.76. The van der Waals surface area contributed by atoms with Crippen LogP contribution in [-0.4, -0.2) is 19.6 Å². The van der Waals surface area contributed by atoms with Gasteiger partial charge in [0.15, 0.2) is 0 Å². The van der Waals surface area contributed by atoms with Crippen LogP contribution in [0.25, 0.3) is 0 Å². The van der Waals surface area contributed by atoms with E-state index in [1.807, 2.05) is 36.4 Å². The molecule has 3 rings (SSSR count). The first kappa shape index (κ1) is 12.7. The molecule has 1 atom stereocenters. The topological polar surface area (TPSA) is 38.3 Å². The smallest absolute Gasteiger partial charge is 0.251 e. The first-order valence-electron chi connectivity index (χ1n) is 6.78. The summed E-state index contributed by atoms with van der Waals surface area (Å²) in [5, 5.41) is 3.01. The van der Waals surface area contributed by atoms with Gasteiger partial charge in [-0.15, -0.1) is 0 Å². The lowest BCUT2D eigenvalue weighted by Crippen LogP contribution is -2.25. The van der Waals surface area contributed by atoms with Crippen molar-refractivity contribution in [3.05, 3.63) is 65.2 Å². The third kappa shape index (κ3) is 2.39. The highest BCUT2D eigenvalue weighted by Crippen LogP contribution is 2.26. The van der Waals surface area contributed by atoms with E-state index in [2.05, 4.69) is 17.4 Å². The van der Waals surface area contributed by atoms with E-state index in [1.165, 1.54) is 5.56 Å². The van der Waals surface area contributed by atoms with Crippen LogP contribution >= 0.6 is 0 Å². The third-order valence-corrected chi connectivity index (χ3v) is 3.82. The highest BCUT2D eigenvalue weighted by molar-refractivity contribution is 5.96. The van der Waals surface area contributed by atoms with Gasteiger partial charge in [0.25, 0.3) is 5.91 Å². The van der Waals surface area contributed by atoms with Crippen molar-refractivity contribution in [2.45, 2.75) is 12.3 Å². The number of hydrogen-bond acceptors (Lipinski definition) is 2. The molecule has 3 nitrogen and oxygen atoms in total. The van der Waals surface area contributed by atoms with Gasteiger partial charge in [-0.2, -0.15) is 0 Å². The van der Waals surface area contributed by atoms with Crippen LogP contribution in [-0.2, 0) is 6.42 Å². The fraction of sp³-hybridized carbons (Fsp3) is 0.235. The molecule has 3 heteroatoms. The fourth-order valence-electron chi connectivity index (χ4n) is 2.68. The Hall–Kier alpha value is -2.29. The lowest BCUT2D eigenvalue weighted by atomic mass is 9.91. The summed E-state index contributed by atoms with van der Waals surface area (Å²) in [6.45, 7) is 0.667. The Morgan fingerprint density at radius 1 is 1.10 bits per heavy atom. The summed E-state index contributed by atoms with van der Waals surface area (Å²) in [4.78, 5) is 12.1. The number of ether oxygens (including phenoxy) is 1. The molecule has 0 saturated carbocycles. The first-order chi connectivity index (χ1) is 9.78. The number of carbonyl (C=O) groups excluding carboxylic acids is 1. The molecule has 1 amide bonds. The normalized spacial score (nSPS) is 17.9. The Bertz CT molecular complexity index is 619. The van der Waals surface area contributed by atoms with Crippen molar-refractivity contribution >= 4 is 5.91 Å². The monoisotopic (exact) mass is 267 g/mol. The van der Waals surface area contributed by atoms with E-state index in [0.717, 1.165) is 23.3 Å². The van der Waals surface area contributed by atoms with Crippen molar-refractivity contribution in [3.8, 4) is 5.75 Å². The van der Waals surface area contributed by atoms with Crippen molar-refractivity contribution in [1.29, 1.82) is 0 Å². The molecule has 2 aromatic rings. The third-order valence-electron chi connectivity index (χ3n) is 3.82. The highest BCUT2D eigenvalue weighted by atomic mass is 16.5. The van der Waals surface area contributed by atoms with Crippen LogP contribution in [0.1, 0.15) is 27.4 Å². The van der Waals surface area contributed by atoms with Crippen LogP contribution in [0.5, 0.6) is 5.75 Å². The van der Waals surface area contributed by atoms with Gasteiger partial charge < -0.3 is 10.1 Å². The van der Waals surface area contributed by atoms with Crippen LogP contribution < -0.4 is 10.1 Å².